The molecule has 5 nitrogen and oxygen atoms in total. The van der Waals surface area contributed by atoms with E-state index < -0.39 is 12.1 Å². The highest BCUT2D eigenvalue weighted by Crippen LogP contribution is 2.38. The number of halogens is 4. The molecule has 0 unspecified atom stereocenters. The molecule has 154 valence electrons. The van der Waals surface area contributed by atoms with Gasteiger partial charge in [0.15, 0.2) is 0 Å². The summed E-state index contributed by atoms with van der Waals surface area (Å²) in [4.78, 5) is 17.4. The summed E-state index contributed by atoms with van der Waals surface area (Å²) in [6, 6.07) is 11.3. The van der Waals surface area contributed by atoms with E-state index in [2.05, 4.69) is 31.0 Å². The number of ether oxygens (including phenoxy) is 1. The minimum absolute atomic E-state index is 0.0989. The molecule has 0 saturated heterocycles. The normalized spacial score (nSPS) is 14.4. The van der Waals surface area contributed by atoms with E-state index >= 15 is 0 Å². The molecule has 0 radical (unpaired) electrons. The lowest BCUT2D eigenvalue weighted by molar-refractivity contribution is -0.274. The maximum absolute atomic E-state index is 12.8. The number of hydrogen-bond acceptors (Lipinski definition) is 3. The predicted octanol–water partition coefficient (Wildman–Crippen LogP) is 5.02. The van der Waals surface area contributed by atoms with Crippen LogP contribution in [-0.2, 0) is 4.79 Å². The van der Waals surface area contributed by atoms with Crippen LogP contribution >= 0.6 is 15.9 Å². The Hall–Kier alpha value is -2.55. The molecule has 1 fully saturated rings. The molecule has 0 aromatic heterocycles. The Bertz CT molecular complexity index is 900. The van der Waals surface area contributed by atoms with Crippen molar-refractivity contribution in [1.82, 2.24) is 5.32 Å². The van der Waals surface area contributed by atoms with Crippen molar-refractivity contribution < 1.29 is 22.7 Å². The molecule has 0 bridgehead atoms. The molecule has 1 aliphatic rings. The van der Waals surface area contributed by atoms with Gasteiger partial charge in [0.2, 0.25) is 6.41 Å². The van der Waals surface area contributed by atoms with E-state index in [1.54, 1.807) is 37.4 Å². The first-order chi connectivity index (χ1) is 13.8. The fourth-order valence-electron chi connectivity index (χ4n) is 2.84. The van der Waals surface area contributed by atoms with Crippen molar-refractivity contribution in [1.29, 1.82) is 0 Å². The van der Waals surface area contributed by atoms with Crippen molar-refractivity contribution in [2.75, 3.05) is 18.5 Å². The number of alkyl halides is 3. The highest BCUT2D eigenvalue weighted by Gasteiger charge is 2.33. The van der Waals surface area contributed by atoms with Crippen molar-refractivity contribution in [2.24, 2.45) is 10.9 Å². The molecule has 1 saturated carbocycles. The third kappa shape index (κ3) is 5.50. The number of benzene rings is 2. The summed E-state index contributed by atoms with van der Waals surface area (Å²) >= 11 is 3.14. The minimum Gasteiger partial charge on any atom is -0.405 e. The molecule has 3 rings (SSSR count). The van der Waals surface area contributed by atoms with Gasteiger partial charge in [0, 0.05) is 30.9 Å². The van der Waals surface area contributed by atoms with Gasteiger partial charge >= 0.3 is 6.36 Å². The van der Waals surface area contributed by atoms with E-state index in [1.165, 1.54) is 17.0 Å². The van der Waals surface area contributed by atoms with E-state index in [1.807, 2.05) is 0 Å². The highest BCUT2D eigenvalue weighted by atomic mass is 79.9. The van der Waals surface area contributed by atoms with Gasteiger partial charge in [-0.05, 0) is 52.9 Å². The number of hydrogen-bond donors (Lipinski definition) is 1. The molecule has 0 atom stereocenters. The van der Waals surface area contributed by atoms with Crippen molar-refractivity contribution in [3.8, 4) is 5.75 Å². The zero-order chi connectivity index (χ0) is 21.0. The van der Waals surface area contributed by atoms with Gasteiger partial charge in [-0.2, -0.15) is 0 Å². The first kappa shape index (κ1) is 21.2. The largest absolute Gasteiger partial charge is 0.573 e. The fourth-order valence-corrected chi connectivity index (χ4v) is 3.26. The number of amidine groups is 1. The molecule has 0 spiro atoms. The molecule has 1 N–H and O–H groups in total. The summed E-state index contributed by atoms with van der Waals surface area (Å²) in [5.41, 5.74) is 1.20. The van der Waals surface area contributed by atoms with Crippen molar-refractivity contribution in [3.05, 3.63) is 52.5 Å². The van der Waals surface area contributed by atoms with Gasteiger partial charge in [-0.3, -0.25) is 14.7 Å². The molecule has 9 heteroatoms. The van der Waals surface area contributed by atoms with Crippen LogP contribution < -0.4 is 15.0 Å². The van der Waals surface area contributed by atoms with Gasteiger partial charge in [-0.1, -0.05) is 18.2 Å². The second kappa shape index (κ2) is 8.86. The van der Waals surface area contributed by atoms with Crippen LogP contribution in [0.15, 0.2) is 51.9 Å². The van der Waals surface area contributed by atoms with Crippen LogP contribution in [0, 0.1) is 5.92 Å². The number of anilines is 2. The summed E-state index contributed by atoms with van der Waals surface area (Å²) in [6.07, 6.45) is -2.06. The molecule has 0 aliphatic heterocycles. The van der Waals surface area contributed by atoms with Crippen molar-refractivity contribution in [3.63, 3.8) is 0 Å². The smallest absolute Gasteiger partial charge is 0.405 e. The molecule has 2 aromatic rings. The summed E-state index contributed by atoms with van der Waals surface area (Å²) in [5, 5.41) is 3.24. The Labute approximate surface area is 174 Å². The number of para-hydroxylation sites is 1. The number of nitrogens with one attached hydrogen (secondary N) is 1. The van der Waals surface area contributed by atoms with Gasteiger partial charge in [0.1, 0.15) is 11.6 Å². The molecule has 0 heterocycles. The Kier molecular flexibility index (Phi) is 6.46. The lowest BCUT2D eigenvalue weighted by Gasteiger charge is -2.24. The van der Waals surface area contributed by atoms with Crippen LogP contribution in [0.3, 0.4) is 0 Å². The van der Waals surface area contributed by atoms with Crippen LogP contribution in [0.1, 0.15) is 18.4 Å². The standard InChI is InChI=1S/C20H19BrF3N3O2/c1-25-19(26-11-13-7-8-13)15-9-16(21)18(29-20(22,23)24)10-17(15)27(12-28)14-5-3-2-4-6-14/h2-6,9-10,12-13H,7-8,11H2,1H3,(H,25,26). The zero-order valence-electron chi connectivity index (χ0n) is 15.5. The average molecular weight is 470 g/mol. The van der Waals surface area contributed by atoms with Gasteiger partial charge in [0.25, 0.3) is 0 Å². The molecule has 2 aromatic carbocycles. The van der Waals surface area contributed by atoms with E-state index in [0.29, 0.717) is 36.0 Å². The second-order valence-corrected chi connectivity index (χ2v) is 7.41. The quantitative estimate of drug-likeness (QED) is 0.352. The van der Waals surface area contributed by atoms with Crippen LogP contribution in [-0.4, -0.2) is 32.2 Å². The molecule has 1 amide bonds. The fraction of sp³-hybridized carbons (Fsp3) is 0.300. The topological polar surface area (TPSA) is 53.9 Å². The van der Waals surface area contributed by atoms with E-state index in [4.69, 9.17) is 0 Å². The Morgan fingerprint density at radius 3 is 2.55 bits per heavy atom. The molecule has 1 aliphatic carbocycles. The van der Waals surface area contributed by atoms with Crippen molar-refractivity contribution >= 4 is 39.6 Å². The molecule has 29 heavy (non-hydrogen) atoms. The summed E-state index contributed by atoms with van der Waals surface area (Å²) in [6.45, 7) is 0.705. The third-order valence-electron chi connectivity index (χ3n) is 4.41. The first-order valence-electron chi connectivity index (χ1n) is 8.92. The van der Waals surface area contributed by atoms with Gasteiger partial charge < -0.3 is 10.1 Å². The molecular weight excluding hydrogens is 451 g/mol. The Morgan fingerprint density at radius 2 is 2.00 bits per heavy atom. The lowest BCUT2D eigenvalue weighted by atomic mass is 10.1. The van der Waals surface area contributed by atoms with E-state index in [0.717, 1.165) is 12.8 Å². The third-order valence-corrected chi connectivity index (χ3v) is 5.03. The van der Waals surface area contributed by atoms with Crippen LogP contribution in [0.25, 0.3) is 0 Å². The number of nitrogens with zero attached hydrogens (tertiary/aromatic N) is 2. The van der Waals surface area contributed by atoms with E-state index in [9.17, 15) is 18.0 Å². The Balaban J connectivity index is 2.09. The average Bonchev–Trinajstić information content (AvgIpc) is 3.50. The summed E-state index contributed by atoms with van der Waals surface area (Å²) in [7, 11) is 1.58. The maximum Gasteiger partial charge on any atom is 0.573 e. The number of carbonyl (C=O) groups excluding carboxylic acids is 1. The van der Waals surface area contributed by atoms with Crippen molar-refractivity contribution in [2.45, 2.75) is 19.2 Å². The predicted molar refractivity (Wildman–Crippen MR) is 109 cm³/mol. The monoisotopic (exact) mass is 469 g/mol. The molecular formula is C20H19BrF3N3O2. The van der Waals surface area contributed by atoms with Crippen LogP contribution in [0.5, 0.6) is 5.75 Å². The zero-order valence-corrected chi connectivity index (χ0v) is 17.1. The first-order valence-corrected chi connectivity index (χ1v) is 9.71. The van der Waals surface area contributed by atoms with Gasteiger partial charge in [-0.15, -0.1) is 13.2 Å². The SMILES string of the molecule is CN=C(NCC1CC1)c1cc(Br)c(OC(F)(F)F)cc1N(C=O)c1ccccc1. The number of aliphatic imine (C=N–C) groups is 1. The number of amides is 1. The lowest BCUT2D eigenvalue weighted by Crippen LogP contribution is -2.29. The van der Waals surface area contributed by atoms with Crippen LogP contribution in [0.2, 0.25) is 0 Å². The second-order valence-electron chi connectivity index (χ2n) is 6.56. The number of carbonyl (C=O) groups is 1. The van der Waals surface area contributed by atoms with Gasteiger partial charge in [0.05, 0.1) is 10.2 Å². The van der Waals surface area contributed by atoms with Gasteiger partial charge in [-0.25, -0.2) is 0 Å². The minimum atomic E-state index is -4.87. The van der Waals surface area contributed by atoms with Crippen LogP contribution in [0.4, 0.5) is 24.5 Å². The maximum atomic E-state index is 12.8. The summed E-state index contributed by atoms with van der Waals surface area (Å²) < 4.78 is 42.7. The number of rotatable bonds is 7. The Morgan fingerprint density at radius 1 is 1.31 bits per heavy atom. The highest BCUT2D eigenvalue weighted by molar-refractivity contribution is 9.10. The summed E-state index contributed by atoms with van der Waals surface area (Å²) in [5.74, 6) is 0.591. The van der Waals surface area contributed by atoms with E-state index in [-0.39, 0.29) is 10.2 Å².